The normalized spacial score (nSPS) is 11.4. The lowest BCUT2D eigenvalue weighted by Crippen LogP contribution is -1.81. The van der Waals surface area contributed by atoms with E-state index in [0.717, 1.165) is 16.5 Å². The molecular formula is C16H12O. The Balaban J connectivity index is 2.39. The highest BCUT2D eigenvalue weighted by atomic mass is 16.3. The Morgan fingerprint density at radius 3 is 2.41 bits per heavy atom. The molecule has 1 N–H and O–H groups in total. The minimum absolute atomic E-state index is 0.162. The second-order valence-corrected chi connectivity index (χ2v) is 3.96. The lowest BCUT2D eigenvalue weighted by Gasteiger charge is -2.07. The Hall–Kier alpha value is -2.28. The number of hydrogen-bond acceptors (Lipinski definition) is 1. The van der Waals surface area contributed by atoms with E-state index in [1.807, 2.05) is 48.5 Å². The monoisotopic (exact) mass is 221 g/mol. The minimum Gasteiger partial charge on any atom is -0.507 e. The van der Waals surface area contributed by atoms with E-state index in [4.69, 9.17) is 1.37 Å². The van der Waals surface area contributed by atoms with Gasteiger partial charge in [-0.15, -0.1) is 0 Å². The van der Waals surface area contributed by atoms with Crippen molar-refractivity contribution in [3.8, 4) is 16.9 Å². The Morgan fingerprint density at radius 1 is 0.765 bits per heavy atom. The summed E-state index contributed by atoms with van der Waals surface area (Å²) in [5.41, 5.74) is 2.13. The first-order valence-corrected chi connectivity index (χ1v) is 5.54. The molecule has 0 atom stereocenters. The van der Waals surface area contributed by atoms with Crippen LogP contribution in [0.25, 0.3) is 21.9 Å². The van der Waals surface area contributed by atoms with Crippen molar-refractivity contribution in [2.45, 2.75) is 0 Å². The molecule has 17 heavy (non-hydrogen) atoms. The summed E-state index contributed by atoms with van der Waals surface area (Å²) < 4.78 is 7.90. The van der Waals surface area contributed by atoms with Crippen LogP contribution in [0.3, 0.4) is 0 Å². The molecule has 0 aromatic heterocycles. The van der Waals surface area contributed by atoms with E-state index in [-0.39, 0.29) is 5.75 Å². The van der Waals surface area contributed by atoms with Crippen molar-refractivity contribution >= 4 is 10.8 Å². The van der Waals surface area contributed by atoms with E-state index < -0.39 is 0 Å². The number of rotatable bonds is 1. The summed E-state index contributed by atoms with van der Waals surface area (Å²) in [5, 5.41) is 11.4. The molecule has 1 heteroatoms. The lowest BCUT2D eigenvalue weighted by atomic mass is 9.98. The minimum atomic E-state index is 0.162. The third-order valence-electron chi connectivity index (χ3n) is 2.90. The zero-order chi connectivity index (χ0) is 12.5. The highest BCUT2D eigenvalue weighted by molar-refractivity contribution is 5.99. The van der Waals surface area contributed by atoms with Gasteiger partial charge in [0.05, 0.1) is 1.37 Å². The van der Waals surface area contributed by atoms with Gasteiger partial charge >= 0.3 is 0 Å². The molecule has 0 amide bonds. The molecule has 82 valence electrons. The van der Waals surface area contributed by atoms with Crippen LogP contribution in [0, 0.1) is 0 Å². The average molecular weight is 221 g/mol. The molecule has 3 aromatic rings. The third kappa shape index (κ3) is 1.66. The Labute approximate surface area is 101 Å². The maximum Gasteiger partial charge on any atom is 0.123 e. The number of phenolic OH excluding ortho intramolecular Hbond substituents is 1. The summed E-state index contributed by atoms with van der Waals surface area (Å²) in [6.45, 7) is 0. The highest BCUT2D eigenvalue weighted by Gasteiger charge is 2.04. The van der Waals surface area contributed by atoms with E-state index in [2.05, 4.69) is 0 Å². The highest BCUT2D eigenvalue weighted by Crippen LogP contribution is 2.32. The van der Waals surface area contributed by atoms with Gasteiger partial charge in [0.2, 0.25) is 0 Å². The van der Waals surface area contributed by atoms with E-state index in [0.29, 0.717) is 11.4 Å². The van der Waals surface area contributed by atoms with Crippen molar-refractivity contribution in [3.63, 3.8) is 0 Å². The Kier molecular flexibility index (Phi) is 2.05. The van der Waals surface area contributed by atoms with Gasteiger partial charge in [0, 0.05) is 5.39 Å². The molecular weight excluding hydrogens is 208 g/mol. The van der Waals surface area contributed by atoms with Crippen LogP contribution in [0.4, 0.5) is 0 Å². The summed E-state index contributed by atoms with van der Waals surface area (Å²) in [5.74, 6) is 0.162. The van der Waals surface area contributed by atoms with Crippen molar-refractivity contribution in [3.05, 3.63) is 66.7 Å². The topological polar surface area (TPSA) is 20.2 Å². The van der Waals surface area contributed by atoms with Gasteiger partial charge in [-0.3, -0.25) is 0 Å². The molecule has 0 unspecified atom stereocenters. The fraction of sp³-hybridized carbons (Fsp3) is 0. The summed E-state index contributed by atoms with van der Waals surface area (Å²) >= 11 is 0. The molecule has 0 bridgehead atoms. The van der Waals surface area contributed by atoms with Crippen molar-refractivity contribution in [1.29, 1.82) is 0 Å². The quantitative estimate of drug-likeness (QED) is 0.652. The van der Waals surface area contributed by atoms with Gasteiger partial charge < -0.3 is 5.11 Å². The molecule has 0 aliphatic heterocycles. The fourth-order valence-corrected chi connectivity index (χ4v) is 2.08. The summed E-state index contributed by atoms with van der Waals surface area (Å²) in [6, 6.07) is 19.4. The van der Waals surface area contributed by atoms with Gasteiger partial charge in [0.25, 0.3) is 0 Å². The van der Waals surface area contributed by atoms with Gasteiger partial charge in [0.15, 0.2) is 0 Å². The maximum atomic E-state index is 9.90. The Bertz CT molecular complexity index is 697. The Morgan fingerprint density at radius 2 is 1.59 bits per heavy atom. The maximum absolute atomic E-state index is 9.90. The van der Waals surface area contributed by atoms with Gasteiger partial charge in [-0.25, -0.2) is 0 Å². The third-order valence-corrected chi connectivity index (χ3v) is 2.90. The molecule has 1 nitrogen and oxygen atoms in total. The van der Waals surface area contributed by atoms with Crippen molar-refractivity contribution in [1.82, 2.24) is 0 Å². The zero-order valence-corrected chi connectivity index (χ0v) is 9.22. The van der Waals surface area contributed by atoms with Crippen LogP contribution in [0.15, 0.2) is 66.7 Å². The van der Waals surface area contributed by atoms with E-state index >= 15 is 0 Å². The molecule has 0 fully saturated rings. The average Bonchev–Trinajstić information content (AvgIpc) is 2.40. The second kappa shape index (κ2) is 3.95. The first-order valence-electron chi connectivity index (χ1n) is 6.04. The molecule has 0 radical (unpaired) electrons. The van der Waals surface area contributed by atoms with Gasteiger partial charge in [-0.2, -0.15) is 0 Å². The van der Waals surface area contributed by atoms with Crippen LogP contribution >= 0.6 is 0 Å². The molecule has 0 saturated carbocycles. The zero-order valence-electron chi connectivity index (χ0n) is 10.2. The van der Waals surface area contributed by atoms with Crippen LogP contribution in [-0.2, 0) is 0 Å². The van der Waals surface area contributed by atoms with E-state index in [1.165, 1.54) is 0 Å². The number of phenols is 1. The number of fused-ring (bicyclic) bond motifs is 1. The molecule has 0 aliphatic carbocycles. The van der Waals surface area contributed by atoms with Crippen LogP contribution in [0.2, 0.25) is 0 Å². The van der Waals surface area contributed by atoms with Crippen LogP contribution in [0.5, 0.6) is 5.75 Å². The second-order valence-electron chi connectivity index (χ2n) is 3.96. The van der Waals surface area contributed by atoms with Crippen LogP contribution in [-0.4, -0.2) is 5.11 Å². The number of benzene rings is 3. The van der Waals surface area contributed by atoms with Crippen molar-refractivity contribution in [2.75, 3.05) is 0 Å². The first-order chi connectivity index (χ1) is 8.77. The molecule has 0 saturated heterocycles. The fourth-order valence-electron chi connectivity index (χ4n) is 2.08. The number of aromatic hydroxyl groups is 1. The smallest absolute Gasteiger partial charge is 0.123 e. The predicted octanol–water partition coefficient (Wildman–Crippen LogP) is 4.21. The first kappa shape index (κ1) is 8.82. The van der Waals surface area contributed by atoms with E-state index in [9.17, 15) is 5.11 Å². The molecule has 0 spiro atoms. The largest absolute Gasteiger partial charge is 0.507 e. The van der Waals surface area contributed by atoms with Gasteiger partial charge in [-0.1, -0.05) is 60.6 Å². The van der Waals surface area contributed by atoms with Crippen LogP contribution < -0.4 is 0 Å². The standard InChI is InChI=1S/C16H12O/c17-16-11-5-9-14-13(8-4-10-15(14)16)12-6-2-1-3-7-12/h1-11,17H/i10D. The molecule has 0 aliphatic rings. The summed E-state index contributed by atoms with van der Waals surface area (Å²) in [6.07, 6.45) is 0. The van der Waals surface area contributed by atoms with Crippen molar-refractivity contribution in [2.24, 2.45) is 0 Å². The SMILES string of the molecule is [2H]c1ccc(-c2ccccc2)c2cccc(O)c12. The van der Waals surface area contributed by atoms with Gasteiger partial charge in [0.1, 0.15) is 5.75 Å². The summed E-state index contributed by atoms with van der Waals surface area (Å²) in [4.78, 5) is 0. The number of hydrogen-bond donors (Lipinski definition) is 1. The van der Waals surface area contributed by atoms with Gasteiger partial charge in [-0.05, 0) is 22.6 Å². The van der Waals surface area contributed by atoms with Crippen molar-refractivity contribution < 1.29 is 6.48 Å². The summed E-state index contributed by atoms with van der Waals surface area (Å²) in [7, 11) is 0. The predicted molar refractivity (Wildman–Crippen MR) is 71.0 cm³/mol. The molecule has 0 heterocycles. The molecule has 3 aromatic carbocycles. The molecule has 3 rings (SSSR count). The van der Waals surface area contributed by atoms with E-state index in [1.54, 1.807) is 12.1 Å². The van der Waals surface area contributed by atoms with Crippen LogP contribution in [0.1, 0.15) is 1.37 Å². The lowest BCUT2D eigenvalue weighted by molar-refractivity contribution is 0.481.